The van der Waals surface area contributed by atoms with E-state index in [1.807, 2.05) is 0 Å². The molecule has 0 bridgehead atoms. The van der Waals surface area contributed by atoms with Crippen molar-refractivity contribution in [2.24, 2.45) is 5.73 Å². The molecule has 0 aliphatic rings. The number of hydrogen-bond acceptors (Lipinski definition) is 3. The van der Waals surface area contributed by atoms with Crippen molar-refractivity contribution in [3.05, 3.63) is 34.5 Å². The van der Waals surface area contributed by atoms with E-state index in [9.17, 15) is 18.0 Å². The van der Waals surface area contributed by atoms with Crippen molar-refractivity contribution in [3.63, 3.8) is 0 Å². The molecule has 1 aromatic carbocycles. The first-order chi connectivity index (χ1) is 8.80. The van der Waals surface area contributed by atoms with E-state index in [2.05, 4.69) is 15.4 Å². The summed E-state index contributed by atoms with van der Waals surface area (Å²) < 4.78 is 38.1. The Balaban J connectivity index is 2.58. The fourth-order valence-corrected chi connectivity index (χ4v) is 1.72. The molecule has 1 aromatic heterocycles. The quantitative estimate of drug-likeness (QED) is 0.889. The maximum atomic E-state index is 12.7. The van der Waals surface area contributed by atoms with E-state index in [0.29, 0.717) is 0 Å². The van der Waals surface area contributed by atoms with E-state index in [0.717, 1.165) is 12.1 Å². The van der Waals surface area contributed by atoms with Crippen LogP contribution in [-0.2, 0) is 6.18 Å². The third kappa shape index (κ3) is 2.53. The molecule has 100 valence electrons. The van der Waals surface area contributed by atoms with Crippen molar-refractivity contribution < 1.29 is 18.0 Å². The minimum absolute atomic E-state index is 0.0410. The van der Waals surface area contributed by atoms with Crippen molar-refractivity contribution in [1.82, 2.24) is 15.4 Å². The molecule has 0 aliphatic heterocycles. The number of amides is 1. The highest BCUT2D eigenvalue weighted by molar-refractivity contribution is 6.31. The Labute approximate surface area is 109 Å². The number of primary amides is 1. The molecule has 0 unspecified atom stereocenters. The molecule has 0 fully saturated rings. The average Bonchev–Trinajstić information content (AvgIpc) is 2.77. The molecule has 3 N–H and O–H groups in total. The standard InChI is InChI=1S/C10H6ClF3N4O/c11-6-2-1-4(3-5(6)10(12,13)14)7-8(9(15)19)17-18-16-7/h1-3H,(H2,15,19)(H,16,17,18). The van der Waals surface area contributed by atoms with Crippen molar-refractivity contribution >= 4 is 17.5 Å². The summed E-state index contributed by atoms with van der Waals surface area (Å²) >= 11 is 5.49. The number of hydrogen-bond donors (Lipinski definition) is 2. The van der Waals surface area contributed by atoms with E-state index in [1.165, 1.54) is 6.07 Å². The summed E-state index contributed by atoms with van der Waals surface area (Å²) in [6, 6.07) is 3.15. The Morgan fingerprint density at radius 2 is 2.00 bits per heavy atom. The van der Waals surface area contributed by atoms with Crippen LogP contribution in [0.4, 0.5) is 13.2 Å². The molecule has 19 heavy (non-hydrogen) atoms. The summed E-state index contributed by atoms with van der Waals surface area (Å²) in [7, 11) is 0. The second kappa shape index (κ2) is 4.54. The first-order valence-electron chi connectivity index (χ1n) is 4.88. The molecule has 1 heterocycles. The summed E-state index contributed by atoms with van der Waals surface area (Å²) in [4.78, 5) is 11.1. The highest BCUT2D eigenvalue weighted by atomic mass is 35.5. The summed E-state index contributed by atoms with van der Waals surface area (Å²) in [5.74, 6) is -0.896. The maximum Gasteiger partial charge on any atom is 0.417 e. The lowest BCUT2D eigenvalue weighted by Gasteiger charge is -2.10. The second-order valence-electron chi connectivity index (χ2n) is 3.58. The van der Waals surface area contributed by atoms with Crippen LogP contribution in [0.15, 0.2) is 18.2 Å². The van der Waals surface area contributed by atoms with Crippen LogP contribution in [0.25, 0.3) is 11.3 Å². The number of nitrogens with one attached hydrogen (secondary N) is 1. The molecule has 0 spiro atoms. The summed E-state index contributed by atoms with van der Waals surface area (Å²) in [5.41, 5.74) is 3.76. The third-order valence-corrected chi connectivity index (χ3v) is 2.66. The number of aromatic amines is 1. The van der Waals surface area contributed by atoms with Crippen LogP contribution in [0.3, 0.4) is 0 Å². The van der Waals surface area contributed by atoms with Gasteiger partial charge in [-0.25, -0.2) is 0 Å². The fraction of sp³-hybridized carbons (Fsp3) is 0.100. The van der Waals surface area contributed by atoms with Crippen molar-refractivity contribution in [3.8, 4) is 11.3 Å². The number of aromatic nitrogens is 3. The Hall–Kier alpha value is -2.09. The van der Waals surface area contributed by atoms with E-state index in [4.69, 9.17) is 17.3 Å². The van der Waals surface area contributed by atoms with Crippen LogP contribution >= 0.6 is 11.6 Å². The summed E-state index contributed by atoms with van der Waals surface area (Å²) in [6.07, 6.45) is -4.61. The van der Waals surface area contributed by atoms with Gasteiger partial charge in [0.25, 0.3) is 5.91 Å². The number of carbonyl (C=O) groups excluding carboxylic acids is 1. The Morgan fingerprint density at radius 3 is 2.58 bits per heavy atom. The lowest BCUT2D eigenvalue weighted by Crippen LogP contribution is -2.13. The lowest BCUT2D eigenvalue weighted by molar-refractivity contribution is -0.137. The van der Waals surface area contributed by atoms with E-state index in [-0.39, 0.29) is 17.0 Å². The molecule has 9 heteroatoms. The Bertz CT molecular complexity index is 638. The van der Waals surface area contributed by atoms with Gasteiger partial charge in [-0.05, 0) is 12.1 Å². The number of alkyl halides is 3. The first-order valence-corrected chi connectivity index (χ1v) is 5.26. The number of rotatable bonds is 2. The molecule has 2 rings (SSSR count). The van der Waals surface area contributed by atoms with Crippen LogP contribution in [-0.4, -0.2) is 21.3 Å². The van der Waals surface area contributed by atoms with Crippen molar-refractivity contribution in [2.75, 3.05) is 0 Å². The molecule has 1 amide bonds. The van der Waals surface area contributed by atoms with Crippen LogP contribution in [0.2, 0.25) is 5.02 Å². The molecule has 0 saturated heterocycles. The van der Waals surface area contributed by atoms with Gasteiger partial charge >= 0.3 is 6.18 Å². The van der Waals surface area contributed by atoms with Crippen LogP contribution in [0.1, 0.15) is 16.1 Å². The number of carbonyl (C=O) groups is 1. The average molecular weight is 291 g/mol. The number of benzene rings is 1. The smallest absolute Gasteiger partial charge is 0.364 e. The van der Waals surface area contributed by atoms with Gasteiger partial charge < -0.3 is 5.73 Å². The highest BCUT2D eigenvalue weighted by Crippen LogP contribution is 2.37. The van der Waals surface area contributed by atoms with Crippen LogP contribution in [0, 0.1) is 0 Å². The first kappa shape index (κ1) is 13.3. The summed E-state index contributed by atoms with van der Waals surface area (Å²) in [5, 5.41) is 8.79. The van der Waals surface area contributed by atoms with Crippen molar-refractivity contribution in [1.29, 1.82) is 0 Å². The maximum absolute atomic E-state index is 12.7. The Morgan fingerprint density at radius 1 is 1.32 bits per heavy atom. The normalized spacial score (nSPS) is 11.6. The van der Waals surface area contributed by atoms with Crippen LogP contribution < -0.4 is 5.73 Å². The van der Waals surface area contributed by atoms with Gasteiger partial charge in [0.15, 0.2) is 5.69 Å². The molecule has 0 atom stereocenters. The number of nitrogens with two attached hydrogens (primary N) is 1. The second-order valence-corrected chi connectivity index (χ2v) is 3.98. The Kier molecular flexibility index (Phi) is 3.19. The topological polar surface area (TPSA) is 84.7 Å². The third-order valence-electron chi connectivity index (χ3n) is 2.33. The summed E-state index contributed by atoms with van der Waals surface area (Å²) in [6.45, 7) is 0. The van der Waals surface area contributed by atoms with Gasteiger partial charge in [-0.2, -0.15) is 28.6 Å². The zero-order chi connectivity index (χ0) is 14.2. The zero-order valence-corrected chi connectivity index (χ0v) is 9.88. The van der Waals surface area contributed by atoms with Gasteiger partial charge in [0.05, 0.1) is 10.6 Å². The molecule has 5 nitrogen and oxygen atoms in total. The van der Waals surface area contributed by atoms with Gasteiger partial charge in [0.1, 0.15) is 5.69 Å². The molecule has 0 saturated carbocycles. The van der Waals surface area contributed by atoms with Gasteiger partial charge in [-0.3, -0.25) is 4.79 Å². The van der Waals surface area contributed by atoms with Gasteiger partial charge in [0.2, 0.25) is 0 Å². The van der Waals surface area contributed by atoms with Gasteiger partial charge in [0, 0.05) is 5.56 Å². The van der Waals surface area contributed by atoms with E-state index in [1.54, 1.807) is 0 Å². The molecule has 2 aromatic rings. The molecular weight excluding hydrogens is 285 g/mol. The molecule has 0 radical (unpaired) electrons. The highest BCUT2D eigenvalue weighted by Gasteiger charge is 2.33. The zero-order valence-electron chi connectivity index (χ0n) is 9.12. The van der Waals surface area contributed by atoms with Gasteiger partial charge in [-0.1, -0.05) is 17.7 Å². The minimum atomic E-state index is -4.61. The lowest BCUT2D eigenvalue weighted by atomic mass is 10.1. The number of nitrogens with zero attached hydrogens (tertiary/aromatic N) is 2. The van der Waals surface area contributed by atoms with Crippen LogP contribution in [0.5, 0.6) is 0 Å². The monoisotopic (exact) mass is 290 g/mol. The predicted molar refractivity (Wildman–Crippen MR) is 60.3 cm³/mol. The number of halogens is 4. The van der Waals surface area contributed by atoms with E-state index < -0.39 is 22.7 Å². The largest absolute Gasteiger partial charge is 0.417 e. The predicted octanol–water partition coefficient (Wildman–Crippen LogP) is 2.24. The van der Waals surface area contributed by atoms with Gasteiger partial charge in [-0.15, -0.1) is 0 Å². The fourth-order valence-electron chi connectivity index (χ4n) is 1.49. The van der Waals surface area contributed by atoms with Crippen molar-refractivity contribution in [2.45, 2.75) is 6.18 Å². The van der Waals surface area contributed by atoms with E-state index >= 15 is 0 Å². The SMILES string of the molecule is NC(=O)c1n[nH]nc1-c1ccc(Cl)c(C(F)(F)F)c1. The molecular formula is C10H6ClF3N4O. The minimum Gasteiger partial charge on any atom is -0.364 e. The number of H-pyrrole nitrogens is 1. The molecule has 0 aliphatic carbocycles.